The highest BCUT2D eigenvalue weighted by molar-refractivity contribution is 7.86. The van der Waals surface area contributed by atoms with Gasteiger partial charge in [-0.15, -0.1) is 0 Å². The van der Waals surface area contributed by atoms with Crippen molar-refractivity contribution >= 4 is 16.0 Å². The van der Waals surface area contributed by atoms with Gasteiger partial charge in [-0.25, -0.2) is 0 Å². The number of hydrogen-bond donors (Lipinski definition) is 0. The summed E-state index contributed by atoms with van der Waals surface area (Å²) in [6, 6.07) is 17.2. The number of rotatable bonds is 8. The molecule has 0 N–H and O–H groups in total. The van der Waals surface area contributed by atoms with E-state index in [4.69, 9.17) is 4.18 Å². The Morgan fingerprint density at radius 2 is 1.89 bits per heavy atom. The van der Waals surface area contributed by atoms with E-state index in [0.29, 0.717) is 12.5 Å². The van der Waals surface area contributed by atoms with Crippen molar-refractivity contribution in [3.8, 4) is 5.75 Å². The molecule has 2 aromatic rings. The van der Waals surface area contributed by atoms with E-state index in [2.05, 4.69) is 26.0 Å². The summed E-state index contributed by atoms with van der Waals surface area (Å²) in [4.78, 5) is 15.1. The minimum absolute atomic E-state index is 0.0202. The molecular formula is C22H27NO4S. The zero-order chi connectivity index (χ0) is 20.3. The van der Waals surface area contributed by atoms with Crippen molar-refractivity contribution in [3.63, 3.8) is 0 Å². The van der Waals surface area contributed by atoms with Crippen molar-refractivity contribution in [1.82, 2.24) is 4.90 Å². The Kier molecular flexibility index (Phi) is 6.08. The van der Waals surface area contributed by atoms with E-state index in [9.17, 15) is 13.2 Å². The Morgan fingerprint density at radius 3 is 2.54 bits per heavy atom. The molecule has 6 heteroatoms. The first-order chi connectivity index (χ1) is 13.3. The van der Waals surface area contributed by atoms with Gasteiger partial charge in [-0.1, -0.05) is 49.4 Å². The van der Waals surface area contributed by atoms with E-state index in [-0.39, 0.29) is 23.6 Å². The molecule has 0 unspecified atom stereocenters. The maximum atomic E-state index is 13.2. The Balaban J connectivity index is 1.75. The summed E-state index contributed by atoms with van der Waals surface area (Å²) in [6.07, 6.45) is 2.76. The Labute approximate surface area is 167 Å². The van der Waals surface area contributed by atoms with Crippen molar-refractivity contribution in [3.05, 3.63) is 65.7 Å². The minimum Gasteiger partial charge on any atom is -0.383 e. The fraction of sp³-hybridized carbons (Fsp3) is 0.409. The van der Waals surface area contributed by atoms with Gasteiger partial charge in [0.1, 0.15) is 5.75 Å². The topological polar surface area (TPSA) is 63.7 Å². The van der Waals surface area contributed by atoms with Gasteiger partial charge in [-0.05, 0) is 48.9 Å². The molecule has 1 amide bonds. The van der Waals surface area contributed by atoms with Gasteiger partial charge < -0.3 is 9.08 Å². The molecular weight excluding hydrogens is 374 g/mol. The van der Waals surface area contributed by atoms with E-state index in [0.717, 1.165) is 24.7 Å². The minimum atomic E-state index is -3.58. The van der Waals surface area contributed by atoms with Crippen LogP contribution in [0.3, 0.4) is 0 Å². The number of benzene rings is 2. The van der Waals surface area contributed by atoms with Crippen LogP contribution in [-0.2, 0) is 21.5 Å². The molecule has 0 aliphatic heterocycles. The summed E-state index contributed by atoms with van der Waals surface area (Å²) in [5.41, 5.74) is 2.07. The molecule has 0 aromatic heterocycles. The van der Waals surface area contributed by atoms with Crippen molar-refractivity contribution < 1.29 is 17.4 Å². The number of nitrogens with zero attached hydrogens (tertiary/aromatic N) is 1. The molecule has 3 rings (SSSR count). The van der Waals surface area contributed by atoms with Gasteiger partial charge in [0, 0.05) is 18.5 Å². The molecule has 5 nitrogen and oxygen atoms in total. The first kappa shape index (κ1) is 20.4. The molecule has 3 atom stereocenters. The second-order valence-electron chi connectivity index (χ2n) is 7.52. The van der Waals surface area contributed by atoms with Crippen LogP contribution in [-0.4, -0.2) is 31.5 Å². The van der Waals surface area contributed by atoms with E-state index in [1.165, 1.54) is 5.56 Å². The standard InChI is InChI=1S/C22H27NO4S/c1-4-16(2)23(15-17-9-8-12-19(13-17)27-28(3,25)26)22(24)21-14-20(21)18-10-6-5-7-11-18/h5-13,16,20-21H,4,14-15H2,1-3H3/t16-,20+,21+/m1/s1. The first-order valence-electron chi connectivity index (χ1n) is 9.62. The maximum Gasteiger partial charge on any atom is 0.306 e. The highest BCUT2D eigenvalue weighted by atomic mass is 32.2. The van der Waals surface area contributed by atoms with Gasteiger partial charge >= 0.3 is 10.1 Å². The predicted molar refractivity (Wildman–Crippen MR) is 110 cm³/mol. The lowest BCUT2D eigenvalue weighted by Crippen LogP contribution is -2.39. The Morgan fingerprint density at radius 1 is 1.18 bits per heavy atom. The summed E-state index contributed by atoms with van der Waals surface area (Å²) < 4.78 is 27.7. The Bertz CT molecular complexity index is 927. The number of carbonyl (C=O) groups is 1. The molecule has 0 heterocycles. The summed E-state index contributed by atoms with van der Waals surface area (Å²) in [5.74, 6) is 0.745. The molecule has 0 radical (unpaired) electrons. The van der Waals surface area contributed by atoms with Crippen LogP contribution in [0.15, 0.2) is 54.6 Å². The summed E-state index contributed by atoms with van der Waals surface area (Å²) in [5, 5.41) is 0. The highest BCUT2D eigenvalue weighted by Gasteiger charge is 2.46. The highest BCUT2D eigenvalue weighted by Crippen LogP contribution is 2.48. The van der Waals surface area contributed by atoms with Crippen LogP contribution in [0.5, 0.6) is 5.75 Å². The van der Waals surface area contributed by atoms with E-state index in [1.807, 2.05) is 29.2 Å². The van der Waals surface area contributed by atoms with E-state index >= 15 is 0 Å². The van der Waals surface area contributed by atoms with Crippen LogP contribution in [0, 0.1) is 5.92 Å². The first-order valence-corrected chi connectivity index (χ1v) is 11.4. The van der Waals surface area contributed by atoms with Crippen LogP contribution in [0.4, 0.5) is 0 Å². The average Bonchev–Trinajstić information content (AvgIpc) is 3.45. The van der Waals surface area contributed by atoms with Crippen LogP contribution < -0.4 is 4.18 Å². The lowest BCUT2D eigenvalue weighted by Gasteiger charge is -2.29. The lowest BCUT2D eigenvalue weighted by molar-refractivity contribution is -0.135. The van der Waals surface area contributed by atoms with Crippen LogP contribution >= 0.6 is 0 Å². The van der Waals surface area contributed by atoms with Gasteiger partial charge in [0.2, 0.25) is 5.91 Å². The average molecular weight is 402 g/mol. The summed E-state index contributed by atoms with van der Waals surface area (Å²) >= 11 is 0. The molecule has 0 saturated heterocycles. The molecule has 2 aromatic carbocycles. The second kappa shape index (κ2) is 8.35. The molecule has 1 saturated carbocycles. The third kappa shape index (κ3) is 5.13. The number of hydrogen-bond acceptors (Lipinski definition) is 4. The molecule has 1 fully saturated rings. The Hall–Kier alpha value is -2.34. The zero-order valence-corrected chi connectivity index (χ0v) is 17.4. The fourth-order valence-corrected chi connectivity index (χ4v) is 3.94. The predicted octanol–water partition coefficient (Wildman–Crippen LogP) is 3.96. The van der Waals surface area contributed by atoms with Crippen LogP contribution in [0.25, 0.3) is 0 Å². The van der Waals surface area contributed by atoms with Gasteiger partial charge in [-0.2, -0.15) is 8.42 Å². The van der Waals surface area contributed by atoms with E-state index < -0.39 is 10.1 Å². The largest absolute Gasteiger partial charge is 0.383 e. The van der Waals surface area contributed by atoms with Crippen molar-refractivity contribution in [2.45, 2.75) is 45.2 Å². The molecule has 150 valence electrons. The smallest absolute Gasteiger partial charge is 0.306 e. The molecule has 0 bridgehead atoms. The van der Waals surface area contributed by atoms with Crippen molar-refractivity contribution in [2.75, 3.05) is 6.26 Å². The third-order valence-electron chi connectivity index (χ3n) is 5.24. The van der Waals surface area contributed by atoms with Crippen molar-refractivity contribution in [1.29, 1.82) is 0 Å². The van der Waals surface area contributed by atoms with Crippen molar-refractivity contribution in [2.24, 2.45) is 5.92 Å². The zero-order valence-electron chi connectivity index (χ0n) is 16.5. The second-order valence-corrected chi connectivity index (χ2v) is 9.09. The van der Waals surface area contributed by atoms with Gasteiger partial charge in [0.05, 0.1) is 6.26 Å². The molecule has 1 aliphatic rings. The molecule has 28 heavy (non-hydrogen) atoms. The monoisotopic (exact) mass is 401 g/mol. The molecule has 1 aliphatic carbocycles. The lowest BCUT2D eigenvalue weighted by atomic mass is 10.1. The van der Waals surface area contributed by atoms with Crippen LogP contribution in [0.2, 0.25) is 0 Å². The summed E-state index contributed by atoms with van der Waals surface area (Å²) in [6.45, 7) is 4.55. The van der Waals surface area contributed by atoms with Gasteiger partial charge in [0.25, 0.3) is 0 Å². The quantitative estimate of drug-likeness (QED) is 0.628. The number of carbonyl (C=O) groups excluding carboxylic acids is 1. The fourth-order valence-electron chi connectivity index (χ4n) is 3.49. The van der Waals surface area contributed by atoms with Crippen LogP contribution in [0.1, 0.15) is 43.7 Å². The van der Waals surface area contributed by atoms with E-state index in [1.54, 1.807) is 18.2 Å². The van der Waals surface area contributed by atoms with Gasteiger partial charge in [-0.3, -0.25) is 4.79 Å². The normalized spacial score (nSPS) is 19.7. The maximum absolute atomic E-state index is 13.2. The number of amides is 1. The molecule has 0 spiro atoms. The SMILES string of the molecule is CC[C@@H](C)N(Cc1cccc(OS(C)(=O)=O)c1)C(=O)[C@H]1C[C@H]1c1ccccc1. The van der Waals surface area contributed by atoms with Gasteiger partial charge in [0.15, 0.2) is 0 Å². The third-order valence-corrected chi connectivity index (χ3v) is 5.74. The summed E-state index contributed by atoms with van der Waals surface area (Å²) in [7, 11) is -3.58.